The molecule has 0 saturated carbocycles. The van der Waals surface area contributed by atoms with Crippen molar-refractivity contribution in [2.45, 2.75) is 40.3 Å². The molecule has 0 fully saturated rings. The highest BCUT2D eigenvalue weighted by Crippen LogP contribution is 2.12. The van der Waals surface area contributed by atoms with Crippen LogP contribution >= 0.6 is 0 Å². The van der Waals surface area contributed by atoms with Crippen LogP contribution in [0.15, 0.2) is 12.4 Å². The molecule has 0 aliphatic rings. The van der Waals surface area contributed by atoms with Gasteiger partial charge in [-0.2, -0.15) is 4.57 Å². The number of aromatic nitrogens is 1. The Morgan fingerprint density at radius 2 is 1.92 bits per heavy atom. The third kappa shape index (κ3) is 2.07. The zero-order valence-corrected chi connectivity index (χ0v) is 8.67. The fraction of sp³-hybridized carbons (Fsp3) is 0.545. The molecule has 1 rings (SSSR count). The number of pyridine rings is 1. The topological polar surface area (TPSA) is 24.1 Å². The predicted octanol–water partition coefficient (Wildman–Crippen LogP) is 1.36. The number of hydrogen-bond donors (Lipinski definition) is 1. The molecule has 2 heteroatoms. The average molecular weight is 180 g/mol. The van der Waals surface area contributed by atoms with Crippen molar-refractivity contribution in [1.82, 2.24) is 0 Å². The monoisotopic (exact) mass is 180 g/mol. The molecule has 0 amide bonds. The summed E-state index contributed by atoms with van der Waals surface area (Å²) in [6.45, 7) is 6.49. The zero-order chi connectivity index (χ0) is 9.84. The second-order valence-electron chi connectivity index (χ2n) is 3.31. The molecule has 72 valence electrons. The van der Waals surface area contributed by atoms with Crippen LogP contribution in [0, 0.1) is 6.92 Å². The van der Waals surface area contributed by atoms with E-state index in [1.165, 1.54) is 16.7 Å². The third-order valence-corrected chi connectivity index (χ3v) is 2.44. The van der Waals surface area contributed by atoms with E-state index in [9.17, 15) is 0 Å². The van der Waals surface area contributed by atoms with E-state index in [2.05, 4.69) is 20.8 Å². The Kier molecular flexibility index (Phi) is 3.43. The number of hydrogen-bond acceptors (Lipinski definition) is 1. The summed E-state index contributed by atoms with van der Waals surface area (Å²) in [5.74, 6) is 0. The first kappa shape index (κ1) is 10.2. The molecule has 0 aliphatic heterocycles. The summed E-state index contributed by atoms with van der Waals surface area (Å²) in [4.78, 5) is 0. The molecule has 13 heavy (non-hydrogen) atoms. The first-order chi connectivity index (χ1) is 6.22. The van der Waals surface area contributed by atoms with Gasteiger partial charge in [0.15, 0.2) is 12.4 Å². The Balaban J connectivity index is 3.20. The summed E-state index contributed by atoms with van der Waals surface area (Å²) in [5, 5.41) is 9.01. The Bertz CT molecular complexity index is 294. The van der Waals surface area contributed by atoms with Crippen LogP contribution in [0.25, 0.3) is 0 Å². The highest BCUT2D eigenvalue weighted by atomic mass is 16.3. The van der Waals surface area contributed by atoms with Crippen molar-refractivity contribution in [2.24, 2.45) is 0 Å². The number of rotatable bonds is 3. The van der Waals surface area contributed by atoms with Crippen LogP contribution in [0.1, 0.15) is 30.5 Å². The van der Waals surface area contributed by atoms with Crippen LogP contribution in [0.3, 0.4) is 0 Å². The van der Waals surface area contributed by atoms with Gasteiger partial charge in [0.1, 0.15) is 0 Å². The molecule has 0 unspecified atom stereocenters. The van der Waals surface area contributed by atoms with Gasteiger partial charge in [0.05, 0.1) is 0 Å². The second kappa shape index (κ2) is 4.38. The highest BCUT2D eigenvalue weighted by molar-refractivity contribution is 5.28. The molecular formula is C11H18NO+. The molecule has 1 heterocycles. The smallest absolute Gasteiger partial charge is 0.250 e. The van der Waals surface area contributed by atoms with Crippen LogP contribution in [-0.2, 0) is 19.6 Å². The van der Waals surface area contributed by atoms with Gasteiger partial charge >= 0.3 is 0 Å². The van der Waals surface area contributed by atoms with E-state index >= 15 is 0 Å². The SMILES string of the molecule is CCc1c[n+](CO)cc(C)c1CC. The van der Waals surface area contributed by atoms with Gasteiger partial charge in [-0.25, -0.2) is 0 Å². The summed E-state index contributed by atoms with van der Waals surface area (Å²) in [6.07, 6.45) is 6.13. The standard InChI is InChI=1S/C11H18NO/c1-4-10-7-12(8-13)6-9(3)11(10)5-2/h6-7,13H,4-5,8H2,1-3H3/q+1. The third-order valence-electron chi connectivity index (χ3n) is 2.44. The van der Waals surface area contributed by atoms with Crippen molar-refractivity contribution in [3.63, 3.8) is 0 Å². The fourth-order valence-corrected chi connectivity index (χ4v) is 1.79. The number of aliphatic hydroxyl groups is 1. The van der Waals surface area contributed by atoms with Crippen molar-refractivity contribution in [2.75, 3.05) is 0 Å². The van der Waals surface area contributed by atoms with Crippen LogP contribution < -0.4 is 4.57 Å². The highest BCUT2D eigenvalue weighted by Gasteiger charge is 2.09. The Hall–Kier alpha value is -0.890. The molecule has 0 bridgehead atoms. The van der Waals surface area contributed by atoms with Gasteiger partial charge in [0.25, 0.3) is 0 Å². The minimum Gasteiger partial charge on any atom is -0.339 e. The Morgan fingerprint density at radius 3 is 2.38 bits per heavy atom. The van der Waals surface area contributed by atoms with Gasteiger partial charge in [0, 0.05) is 11.1 Å². The quantitative estimate of drug-likeness (QED) is 0.698. The van der Waals surface area contributed by atoms with Gasteiger partial charge in [0.2, 0.25) is 6.73 Å². The van der Waals surface area contributed by atoms with E-state index in [1.54, 1.807) is 0 Å². The molecule has 1 aromatic heterocycles. The van der Waals surface area contributed by atoms with Crippen LogP contribution in [0.2, 0.25) is 0 Å². The Labute approximate surface area is 79.8 Å². The maximum Gasteiger partial charge on any atom is 0.250 e. The van der Waals surface area contributed by atoms with Crippen LogP contribution in [-0.4, -0.2) is 5.11 Å². The van der Waals surface area contributed by atoms with Crippen LogP contribution in [0.5, 0.6) is 0 Å². The molecule has 0 aliphatic carbocycles. The fourth-order valence-electron chi connectivity index (χ4n) is 1.79. The maximum absolute atomic E-state index is 9.01. The van der Waals surface area contributed by atoms with E-state index in [1.807, 2.05) is 17.0 Å². The van der Waals surface area contributed by atoms with Crippen molar-refractivity contribution < 1.29 is 9.67 Å². The Morgan fingerprint density at radius 1 is 1.23 bits per heavy atom. The van der Waals surface area contributed by atoms with Gasteiger partial charge in [-0.3, -0.25) is 0 Å². The largest absolute Gasteiger partial charge is 0.339 e. The van der Waals surface area contributed by atoms with E-state index in [-0.39, 0.29) is 6.73 Å². The van der Waals surface area contributed by atoms with E-state index in [4.69, 9.17) is 5.11 Å². The van der Waals surface area contributed by atoms with E-state index in [0.717, 1.165) is 12.8 Å². The van der Waals surface area contributed by atoms with Crippen LogP contribution in [0.4, 0.5) is 0 Å². The predicted molar refractivity (Wildman–Crippen MR) is 52.3 cm³/mol. The molecule has 1 aromatic rings. The molecule has 2 nitrogen and oxygen atoms in total. The lowest BCUT2D eigenvalue weighted by molar-refractivity contribution is -0.730. The zero-order valence-electron chi connectivity index (χ0n) is 8.67. The normalized spacial score (nSPS) is 10.5. The second-order valence-corrected chi connectivity index (χ2v) is 3.31. The van der Waals surface area contributed by atoms with Gasteiger partial charge < -0.3 is 5.11 Å². The molecule has 0 saturated heterocycles. The van der Waals surface area contributed by atoms with E-state index in [0.29, 0.717) is 0 Å². The average Bonchev–Trinajstić information content (AvgIpc) is 2.16. The summed E-state index contributed by atoms with van der Waals surface area (Å²) < 4.78 is 1.83. The summed E-state index contributed by atoms with van der Waals surface area (Å²) >= 11 is 0. The number of aryl methyl sites for hydroxylation is 2. The van der Waals surface area contributed by atoms with Crippen molar-refractivity contribution in [3.8, 4) is 0 Å². The summed E-state index contributed by atoms with van der Waals surface area (Å²) in [7, 11) is 0. The number of nitrogens with zero attached hydrogens (tertiary/aromatic N) is 1. The van der Waals surface area contributed by atoms with Crippen molar-refractivity contribution >= 4 is 0 Å². The molecule has 1 N–H and O–H groups in total. The first-order valence-corrected chi connectivity index (χ1v) is 4.85. The maximum atomic E-state index is 9.01. The summed E-state index contributed by atoms with van der Waals surface area (Å²) in [6, 6.07) is 0. The first-order valence-electron chi connectivity index (χ1n) is 4.85. The molecular weight excluding hydrogens is 162 g/mol. The minimum absolute atomic E-state index is 0.0673. The van der Waals surface area contributed by atoms with Gasteiger partial charge in [-0.1, -0.05) is 13.8 Å². The molecule has 0 spiro atoms. The minimum atomic E-state index is 0.0673. The van der Waals surface area contributed by atoms with E-state index < -0.39 is 0 Å². The lowest BCUT2D eigenvalue weighted by atomic mass is 10.0. The lowest BCUT2D eigenvalue weighted by Gasteiger charge is -2.06. The molecule has 0 radical (unpaired) electrons. The van der Waals surface area contributed by atoms with Crippen molar-refractivity contribution in [3.05, 3.63) is 29.1 Å². The summed E-state index contributed by atoms with van der Waals surface area (Å²) in [5.41, 5.74) is 4.04. The molecule has 0 atom stereocenters. The van der Waals surface area contributed by atoms with Gasteiger partial charge in [-0.05, 0) is 25.3 Å². The van der Waals surface area contributed by atoms with Crippen molar-refractivity contribution in [1.29, 1.82) is 0 Å². The lowest BCUT2D eigenvalue weighted by Crippen LogP contribution is -2.34. The molecule has 0 aromatic carbocycles. The van der Waals surface area contributed by atoms with Gasteiger partial charge in [-0.15, -0.1) is 0 Å². The number of aliphatic hydroxyl groups excluding tert-OH is 1.